The van der Waals surface area contributed by atoms with Crippen molar-refractivity contribution in [3.8, 4) is 11.5 Å². The SMILES string of the molecule is CN(CC1CCC(n2cc(NC(=O)c3coc(-c4ccnc(NCC5CC5)c4)n3)c(C(F)F)n2)CC1)C[C@@H]1CN(Cc2cccc3c2n(C)c(=O)n3C2CCC(=O)NC2=O)CCO1. The molecule has 0 spiro atoms. The zero-order valence-corrected chi connectivity index (χ0v) is 35.5. The van der Waals surface area contributed by atoms with E-state index in [1.807, 2.05) is 18.2 Å². The molecule has 0 bridgehead atoms. The Kier molecular flexibility index (Phi) is 12.2. The Hall–Kier alpha value is -5.79. The number of likely N-dealkylation sites (N-methyl/N-ethyl adjacent to an activating group) is 1. The molecule has 4 aromatic heterocycles. The summed E-state index contributed by atoms with van der Waals surface area (Å²) in [5, 5.41) is 12.5. The van der Waals surface area contributed by atoms with E-state index in [2.05, 4.69) is 47.9 Å². The second-order valence-electron chi connectivity index (χ2n) is 17.5. The van der Waals surface area contributed by atoms with Gasteiger partial charge in [0.25, 0.3) is 12.3 Å². The van der Waals surface area contributed by atoms with E-state index in [0.29, 0.717) is 48.4 Å². The summed E-state index contributed by atoms with van der Waals surface area (Å²) < 4.78 is 44.9. The third kappa shape index (κ3) is 9.45. The first-order chi connectivity index (χ1) is 30.5. The number of piperidine rings is 1. The number of fused-ring (bicyclic) bond motifs is 1. The van der Waals surface area contributed by atoms with Gasteiger partial charge in [0, 0.05) is 70.7 Å². The molecule has 1 aromatic carbocycles. The molecule has 2 atom stereocenters. The molecule has 2 aliphatic carbocycles. The van der Waals surface area contributed by atoms with E-state index >= 15 is 0 Å². The third-order valence-corrected chi connectivity index (χ3v) is 12.8. The quantitative estimate of drug-likeness (QED) is 0.118. The molecule has 9 rings (SSSR count). The molecule has 2 aliphatic heterocycles. The van der Waals surface area contributed by atoms with E-state index in [-0.39, 0.29) is 53.9 Å². The number of aromatic nitrogens is 6. The van der Waals surface area contributed by atoms with Crippen LogP contribution in [0.25, 0.3) is 22.5 Å². The molecule has 0 radical (unpaired) electrons. The van der Waals surface area contributed by atoms with Crippen LogP contribution in [0.4, 0.5) is 20.3 Å². The van der Waals surface area contributed by atoms with Crippen molar-refractivity contribution in [2.45, 2.75) is 82.5 Å². The fraction of sp³-hybridized carbons (Fsp3) is 0.523. The van der Waals surface area contributed by atoms with Gasteiger partial charge in [-0.2, -0.15) is 5.10 Å². The number of carbonyl (C=O) groups excluding carboxylic acids is 3. The van der Waals surface area contributed by atoms with Gasteiger partial charge < -0.3 is 24.7 Å². The number of amides is 3. The molecule has 1 unspecified atom stereocenters. The van der Waals surface area contributed by atoms with Gasteiger partial charge in [0.1, 0.15) is 18.1 Å². The van der Waals surface area contributed by atoms with Crippen LogP contribution in [-0.2, 0) is 27.9 Å². The number of pyridine rings is 1. The number of hydrogen-bond acceptors (Lipinski definition) is 12. The molecule has 334 valence electrons. The van der Waals surface area contributed by atoms with E-state index < -0.39 is 30.0 Å². The van der Waals surface area contributed by atoms with Gasteiger partial charge in [-0.3, -0.25) is 38.4 Å². The van der Waals surface area contributed by atoms with E-state index in [1.165, 1.54) is 29.9 Å². The molecule has 19 heteroatoms. The maximum atomic E-state index is 14.2. The summed E-state index contributed by atoms with van der Waals surface area (Å²) in [6.45, 7) is 5.07. The van der Waals surface area contributed by atoms with Crippen molar-refractivity contribution in [1.29, 1.82) is 0 Å². The Morgan fingerprint density at radius 3 is 2.63 bits per heavy atom. The molecule has 3 N–H and O–H groups in total. The Morgan fingerprint density at radius 2 is 1.86 bits per heavy atom. The number of halogens is 2. The second-order valence-corrected chi connectivity index (χ2v) is 17.5. The monoisotopic (exact) mass is 869 g/mol. The van der Waals surface area contributed by atoms with Gasteiger partial charge in [0.05, 0.1) is 35.5 Å². The van der Waals surface area contributed by atoms with Gasteiger partial charge in [-0.05, 0) is 87.6 Å². The van der Waals surface area contributed by atoms with Crippen LogP contribution in [0.1, 0.15) is 91.6 Å². The van der Waals surface area contributed by atoms with E-state index in [1.54, 1.807) is 34.6 Å². The second kappa shape index (κ2) is 18.1. The molecule has 17 nitrogen and oxygen atoms in total. The highest BCUT2D eigenvalue weighted by Gasteiger charge is 2.33. The summed E-state index contributed by atoms with van der Waals surface area (Å²) >= 11 is 0. The number of aryl methyl sites for hydroxylation is 1. The summed E-state index contributed by atoms with van der Waals surface area (Å²) in [5.41, 5.74) is 2.20. The van der Waals surface area contributed by atoms with E-state index in [9.17, 15) is 28.0 Å². The third-order valence-electron chi connectivity index (χ3n) is 12.8. The Morgan fingerprint density at radius 1 is 1.05 bits per heavy atom. The van der Waals surface area contributed by atoms with Gasteiger partial charge in [-0.15, -0.1) is 0 Å². The maximum Gasteiger partial charge on any atom is 0.329 e. The first-order valence-electron chi connectivity index (χ1n) is 21.9. The Balaban J connectivity index is 0.766. The summed E-state index contributed by atoms with van der Waals surface area (Å²) in [6, 6.07) is 8.48. The number of benzene rings is 1. The number of imide groups is 1. The lowest BCUT2D eigenvalue weighted by Crippen LogP contribution is -2.47. The molecule has 63 heavy (non-hydrogen) atoms. The largest absolute Gasteiger partial charge is 0.444 e. The van der Waals surface area contributed by atoms with E-state index in [4.69, 9.17) is 9.15 Å². The first kappa shape index (κ1) is 42.5. The number of alkyl halides is 2. The number of ether oxygens (including phenoxy) is 1. The van der Waals surface area contributed by atoms with Crippen LogP contribution in [0.5, 0.6) is 0 Å². The molecular formula is C44H53F2N11O6. The molecule has 2 saturated carbocycles. The van der Waals surface area contributed by atoms with Gasteiger partial charge in [-0.1, -0.05) is 12.1 Å². The summed E-state index contributed by atoms with van der Waals surface area (Å²) in [6.07, 6.45) is 7.64. The maximum absolute atomic E-state index is 14.2. The fourth-order valence-electron chi connectivity index (χ4n) is 9.39. The standard InChI is InChI=1S/C44H53F2N11O6/c1-53(22-31-23-55(16-17-62-31)21-29-4-3-5-34-39(29)54(2)44(61)57(34)35-12-13-37(58)51-42(35)60)20-27-8-10-30(11-9-27)56-24-32(38(52-56)40(45)46)49-41(59)33-25-63-43(50-33)28-14-15-47-36(18-28)48-19-26-6-7-26/h3-5,14-15,18,24-27,30-31,35,40H,6-13,16-17,19-23H2,1-2H3,(H,47,48)(H,49,59)(H,51,58,60)/t27?,30?,31-,35?/m1/s1. The minimum atomic E-state index is -2.88. The van der Waals surface area contributed by atoms with Crippen LogP contribution < -0.4 is 21.6 Å². The van der Waals surface area contributed by atoms with Crippen molar-refractivity contribution < 1.29 is 32.3 Å². The number of rotatable bonds is 15. The average molecular weight is 870 g/mol. The molecule has 2 saturated heterocycles. The fourth-order valence-corrected chi connectivity index (χ4v) is 9.39. The lowest BCUT2D eigenvalue weighted by Gasteiger charge is -2.36. The van der Waals surface area contributed by atoms with Crippen LogP contribution in [0, 0.1) is 11.8 Å². The topological polar surface area (TPSA) is 187 Å². The molecule has 4 fully saturated rings. The summed E-state index contributed by atoms with van der Waals surface area (Å²) in [4.78, 5) is 64.5. The first-order valence-corrected chi connectivity index (χ1v) is 21.9. The smallest absolute Gasteiger partial charge is 0.329 e. The lowest BCUT2D eigenvalue weighted by atomic mass is 9.86. The molecule has 6 heterocycles. The normalized spacial score (nSPS) is 22.3. The Labute approximate surface area is 362 Å². The number of para-hydroxylation sites is 1. The zero-order valence-electron chi connectivity index (χ0n) is 35.5. The van der Waals surface area contributed by atoms with Gasteiger partial charge in [0.15, 0.2) is 11.4 Å². The van der Waals surface area contributed by atoms with Crippen LogP contribution in [0.15, 0.2) is 58.2 Å². The van der Waals surface area contributed by atoms with Gasteiger partial charge in [0.2, 0.25) is 17.7 Å². The van der Waals surface area contributed by atoms with Crippen LogP contribution >= 0.6 is 0 Å². The summed E-state index contributed by atoms with van der Waals surface area (Å²) in [5.74, 6) is 0.532. The van der Waals surface area contributed by atoms with Gasteiger partial charge in [-0.25, -0.2) is 23.5 Å². The number of oxazole rings is 1. The number of morpholine rings is 1. The molecule has 4 aliphatic rings. The van der Waals surface area contributed by atoms with Crippen LogP contribution in [0.2, 0.25) is 0 Å². The van der Waals surface area contributed by atoms with Gasteiger partial charge >= 0.3 is 5.69 Å². The number of imidazole rings is 1. The highest BCUT2D eigenvalue weighted by atomic mass is 19.3. The average Bonchev–Trinajstić information content (AvgIpc) is 3.67. The van der Waals surface area contributed by atoms with Crippen molar-refractivity contribution in [2.24, 2.45) is 18.9 Å². The number of hydrogen-bond donors (Lipinski definition) is 3. The lowest BCUT2D eigenvalue weighted by molar-refractivity contribution is -0.135. The van der Waals surface area contributed by atoms with Crippen molar-refractivity contribution in [3.63, 3.8) is 0 Å². The van der Waals surface area contributed by atoms with Crippen molar-refractivity contribution in [2.75, 3.05) is 57.0 Å². The highest BCUT2D eigenvalue weighted by molar-refractivity contribution is 6.03. The number of anilines is 2. The molecular weight excluding hydrogens is 817 g/mol. The number of carbonyl (C=O) groups is 3. The van der Waals surface area contributed by atoms with E-state index in [0.717, 1.165) is 62.9 Å². The minimum Gasteiger partial charge on any atom is -0.444 e. The van der Waals surface area contributed by atoms with Crippen molar-refractivity contribution >= 4 is 40.3 Å². The molecule has 3 amide bonds. The predicted molar refractivity (Wildman–Crippen MR) is 228 cm³/mol. The van der Waals surface area contributed by atoms with Crippen molar-refractivity contribution in [3.05, 3.63) is 76.4 Å². The summed E-state index contributed by atoms with van der Waals surface area (Å²) in [7, 11) is 3.82. The minimum absolute atomic E-state index is 0.0205. The van der Waals surface area contributed by atoms with Crippen LogP contribution in [-0.4, -0.2) is 109 Å². The van der Waals surface area contributed by atoms with Crippen LogP contribution in [0.3, 0.4) is 0 Å². The van der Waals surface area contributed by atoms with Crippen molar-refractivity contribution in [1.82, 2.24) is 44.0 Å². The predicted octanol–water partition coefficient (Wildman–Crippen LogP) is 5.14. The highest BCUT2D eigenvalue weighted by Crippen LogP contribution is 2.36. The number of nitrogens with zero attached hydrogens (tertiary/aromatic N) is 8. The molecule has 5 aromatic rings. The zero-order chi connectivity index (χ0) is 43.8. The number of nitrogens with one attached hydrogen (secondary N) is 3. The Bertz CT molecular complexity index is 2540.